The van der Waals surface area contributed by atoms with Gasteiger partial charge in [-0.25, -0.2) is 0 Å². The maximum absolute atomic E-state index is 3.47. The van der Waals surface area contributed by atoms with Gasteiger partial charge in [-0.3, -0.25) is 0 Å². The summed E-state index contributed by atoms with van der Waals surface area (Å²) in [5.41, 5.74) is 4.03. The molecule has 0 N–H and O–H groups in total. The first-order chi connectivity index (χ1) is 8.40. The van der Waals surface area contributed by atoms with Gasteiger partial charge in [0.05, 0.1) is 0 Å². The third-order valence-electron chi connectivity index (χ3n) is 2.91. The maximum atomic E-state index is 3.47. The summed E-state index contributed by atoms with van der Waals surface area (Å²) in [6.45, 7) is 0. The quantitative estimate of drug-likeness (QED) is 0.532. The second-order valence-electron chi connectivity index (χ2n) is 4.21. The molecule has 0 fully saturated rings. The number of rotatable bonds is 5. The molecule has 0 nitrogen and oxygen atoms in total. The number of unbranched alkanes of at least 4 members (excludes halogenated alkanes) is 1. The van der Waals surface area contributed by atoms with E-state index in [-0.39, 0.29) is 0 Å². The summed E-state index contributed by atoms with van der Waals surface area (Å²) in [4.78, 5) is 0. The van der Waals surface area contributed by atoms with Crippen LogP contribution in [0.15, 0.2) is 54.6 Å². The normalized spacial score (nSPS) is 10.4. The molecule has 0 aliphatic rings. The van der Waals surface area contributed by atoms with E-state index in [0.29, 0.717) is 0 Å². The van der Waals surface area contributed by atoms with Crippen LogP contribution >= 0.6 is 15.9 Å². The zero-order valence-corrected chi connectivity index (χ0v) is 11.5. The summed E-state index contributed by atoms with van der Waals surface area (Å²) in [6, 6.07) is 19.5. The Morgan fingerprint density at radius 1 is 0.706 bits per heavy atom. The molecular weight excluding hydrogens is 272 g/mol. The van der Waals surface area contributed by atoms with Crippen LogP contribution in [0.2, 0.25) is 0 Å². The summed E-state index contributed by atoms with van der Waals surface area (Å²) >= 11 is 3.47. The van der Waals surface area contributed by atoms with Crippen LogP contribution in [0.5, 0.6) is 0 Å². The van der Waals surface area contributed by atoms with Crippen molar-refractivity contribution in [2.45, 2.75) is 19.3 Å². The molecule has 0 spiro atoms. The van der Waals surface area contributed by atoms with Gasteiger partial charge in [0.2, 0.25) is 0 Å². The SMILES string of the molecule is BrCCCCc1ccc(-c2ccccc2)cc1. The van der Waals surface area contributed by atoms with Gasteiger partial charge in [0, 0.05) is 5.33 Å². The molecule has 0 bridgehead atoms. The minimum absolute atomic E-state index is 1.11. The van der Waals surface area contributed by atoms with E-state index >= 15 is 0 Å². The monoisotopic (exact) mass is 288 g/mol. The molecule has 0 aliphatic heterocycles. The largest absolute Gasteiger partial charge is 0.0928 e. The molecule has 0 aliphatic carbocycles. The van der Waals surface area contributed by atoms with E-state index < -0.39 is 0 Å². The van der Waals surface area contributed by atoms with Crippen molar-refractivity contribution in [2.24, 2.45) is 0 Å². The van der Waals surface area contributed by atoms with Crippen molar-refractivity contribution in [3.63, 3.8) is 0 Å². The van der Waals surface area contributed by atoms with Gasteiger partial charge in [0.15, 0.2) is 0 Å². The van der Waals surface area contributed by atoms with Crippen LogP contribution in [0.25, 0.3) is 11.1 Å². The Balaban J connectivity index is 2.03. The molecule has 2 rings (SSSR count). The maximum Gasteiger partial charge on any atom is 0.00314 e. The van der Waals surface area contributed by atoms with Crippen LogP contribution in [0.1, 0.15) is 18.4 Å². The predicted molar refractivity (Wildman–Crippen MR) is 78.6 cm³/mol. The summed E-state index contributed by atoms with van der Waals surface area (Å²) in [5.74, 6) is 0. The topological polar surface area (TPSA) is 0 Å². The average Bonchev–Trinajstić information content (AvgIpc) is 2.41. The summed E-state index contributed by atoms with van der Waals surface area (Å²) in [6.07, 6.45) is 3.69. The highest BCUT2D eigenvalue weighted by Crippen LogP contribution is 2.19. The Labute approximate surface area is 112 Å². The molecule has 17 heavy (non-hydrogen) atoms. The van der Waals surface area contributed by atoms with Crippen LogP contribution in [0.4, 0.5) is 0 Å². The lowest BCUT2D eigenvalue weighted by molar-refractivity contribution is 0.806. The summed E-state index contributed by atoms with van der Waals surface area (Å²) < 4.78 is 0. The van der Waals surface area contributed by atoms with Crippen molar-refractivity contribution in [3.05, 3.63) is 60.2 Å². The van der Waals surface area contributed by atoms with Gasteiger partial charge in [-0.15, -0.1) is 0 Å². The minimum atomic E-state index is 1.11. The Morgan fingerprint density at radius 2 is 1.35 bits per heavy atom. The van der Waals surface area contributed by atoms with Gasteiger partial charge < -0.3 is 0 Å². The highest BCUT2D eigenvalue weighted by atomic mass is 79.9. The van der Waals surface area contributed by atoms with Crippen LogP contribution in [-0.2, 0) is 6.42 Å². The zero-order valence-electron chi connectivity index (χ0n) is 9.90. The standard InChI is InChI=1S/C16H17Br/c17-13-5-4-6-14-9-11-16(12-10-14)15-7-2-1-3-8-15/h1-3,7-12H,4-6,13H2. The highest BCUT2D eigenvalue weighted by molar-refractivity contribution is 9.09. The van der Waals surface area contributed by atoms with E-state index in [4.69, 9.17) is 0 Å². The van der Waals surface area contributed by atoms with E-state index in [0.717, 1.165) is 5.33 Å². The lowest BCUT2D eigenvalue weighted by Crippen LogP contribution is -1.86. The molecule has 2 aromatic rings. The van der Waals surface area contributed by atoms with Crippen molar-refractivity contribution >= 4 is 15.9 Å². The van der Waals surface area contributed by atoms with Crippen LogP contribution in [0.3, 0.4) is 0 Å². The number of hydrogen-bond acceptors (Lipinski definition) is 0. The number of benzene rings is 2. The Hall–Kier alpha value is -1.08. The van der Waals surface area contributed by atoms with Crippen molar-refractivity contribution in [1.29, 1.82) is 0 Å². The number of halogens is 1. The van der Waals surface area contributed by atoms with E-state index in [2.05, 4.69) is 70.5 Å². The fourth-order valence-electron chi connectivity index (χ4n) is 1.92. The molecule has 0 unspecified atom stereocenters. The smallest absolute Gasteiger partial charge is 0.00314 e. The van der Waals surface area contributed by atoms with Crippen molar-refractivity contribution in [3.8, 4) is 11.1 Å². The molecule has 0 saturated heterocycles. The van der Waals surface area contributed by atoms with E-state index in [1.165, 1.54) is 36.0 Å². The number of aryl methyl sites for hydroxylation is 1. The Bertz CT molecular complexity index is 431. The first-order valence-electron chi connectivity index (χ1n) is 6.10. The molecule has 88 valence electrons. The second kappa shape index (κ2) is 6.61. The fraction of sp³-hybridized carbons (Fsp3) is 0.250. The molecule has 0 radical (unpaired) electrons. The molecule has 0 heterocycles. The molecule has 2 aromatic carbocycles. The third-order valence-corrected chi connectivity index (χ3v) is 3.47. The fourth-order valence-corrected chi connectivity index (χ4v) is 2.31. The van der Waals surface area contributed by atoms with Crippen molar-refractivity contribution in [2.75, 3.05) is 5.33 Å². The molecule has 0 amide bonds. The average molecular weight is 289 g/mol. The van der Waals surface area contributed by atoms with Crippen molar-refractivity contribution < 1.29 is 0 Å². The molecule has 0 aromatic heterocycles. The molecule has 1 heteroatoms. The van der Waals surface area contributed by atoms with Gasteiger partial charge in [0.1, 0.15) is 0 Å². The highest BCUT2D eigenvalue weighted by Gasteiger charge is 1.97. The van der Waals surface area contributed by atoms with Crippen LogP contribution in [-0.4, -0.2) is 5.33 Å². The van der Waals surface area contributed by atoms with E-state index in [1.807, 2.05) is 0 Å². The summed E-state index contributed by atoms with van der Waals surface area (Å²) in [5, 5.41) is 1.11. The minimum Gasteiger partial charge on any atom is -0.0928 e. The first-order valence-corrected chi connectivity index (χ1v) is 7.22. The lowest BCUT2D eigenvalue weighted by Gasteiger charge is -2.04. The zero-order chi connectivity index (χ0) is 11.9. The van der Waals surface area contributed by atoms with Gasteiger partial charge in [0.25, 0.3) is 0 Å². The van der Waals surface area contributed by atoms with Gasteiger partial charge in [-0.05, 0) is 36.0 Å². The summed E-state index contributed by atoms with van der Waals surface area (Å²) in [7, 11) is 0. The first kappa shape index (κ1) is 12.4. The van der Waals surface area contributed by atoms with Gasteiger partial charge in [-0.2, -0.15) is 0 Å². The predicted octanol–water partition coefficient (Wildman–Crippen LogP) is 5.07. The molecule has 0 saturated carbocycles. The number of hydrogen-bond donors (Lipinski definition) is 0. The molecular formula is C16H17Br. The van der Waals surface area contributed by atoms with Crippen molar-refractivity contribution in [1.82, 2.24) is 0 Å². The van der Waals surface area contributed by atoms with E-state index in [1.54, 1.807) is 0 Å². The van der Waals surface area contributed by atoms with Gasteiger partial charge in [-0.1, -0.05) is 70.5 Å². The van der Waals surface area contributed by atoms with E-state index in [9.17, 15) is 0 Å². The van der Waals surface area contributed by atoms with Crippen LogP contribution in [0, 0.1) is 0 Å². The third kappa shape index (κ3) is 3.71. The number of alkyl halides is 1. The molecule has 0 atom stereocenters. The Kier molecular flexibility index (Phi) is 4.81. The Morgan fingerprint density at radius 3 is 2.00 bits per heavy atom. The second-order valence-corrected chi connectivity index (χ2v) is 5.00. The van der Waals surface area contributed by atoms with Crippen LogP contribution < -0.4 is 0 Å². The van der Waals surface area contributed by atoms with Gasteiger partial charge >= 0.3 is 0 Å². The lowest BCUT2D eigenvalue weighted by atomic mass is 10.0.